The molecule has 0 saturated carbocycles. The first-order chi connectivity index (χ1) is 5.38. The summed E-state index contributed by atoms with van der Waals surface area (Å²) < 4.78 is 0.768. The molecule has 1 aliphatic heterocycles. The maximum absolute atomic E-state index is 4.34. The van der Waals surface area contributed by atoms with Crippen molar-refractivity contribution in [1.29, 1.82) is 0 Å². The predicted molar refractivity (Wildman–Crippen MR) is 67.5 cm³/mol. The number of hydrogen-bond donors (Lipinski definition) is 2. The highest BCUT2D eigenvalue weighted by atomic mass is 33.1. The van der Waals surface area contributed by atoms with Crippen molar-refractivity contribution in [3.8, 4) is 0 Å². The second-order valence-corrected chi connectivity index (χ2v) is 7.20. The van der Waals surface area contributed by atoms with E-state index in [4.69, 9.17) is 0 Å². The van der Waals surface area contributed by atoms with Gasteiger partial charge < -0.3 is 0 Å². The number of thiol groups is 2. The molecule has 1 aliphatic rings. The van der Waals surface area contributed by atoms with Crippen LogP contribution in [0.4, 0.5) is 0 Å². The average molecular weight is 244 g/mol. The van der Waals surface area contributed by atoms with Gasteiger partial charge in [0.1, 0.15) is 0 Å². The molecule has 1 heterocycles. The van der Waals surface area contributed by atoms with Crippen molar-refractivity contribution in [3.05, 3.63) is 0 Å². The summed E-state index contributed by atoms with van der Waals surface area (Å²) >= 11 is 10.6. The Morgan fingerprint density at radius 3 is 2.91 bits per heavy atom. The maximum Gasteiger partial charge on any atom is 0.0650 e. The summed E-state index contributed by atoms with van der Waals surface area (Å²) in [6.45, 7) is 0. The van der Waals surface area contributed by atoms with Crippen molar-refractivity contribution in [1.82, 2.24) is 0 Å². The second-order valence-electron chi connectivity index (χ2n) is 2.29. The largest absolute Gasteiger partial charge is 0.179 e. The van der Waals surface area contributed by atoms with Gasteiger partial charge in [0.25, 0.3) is 0 Å². The maximum atomic E-state index is 4.34. The summed E-state index contributed by atoms with van der Waals surface area (Å²) in [5.41, 5.74) is 0. The van der Waals surface area contributed by atoms with Crippen molar-refractivity contribution in [2.45, 2.75) is 4.58 Å². The fourth-order valence-electron chi connectivity index (χ4n) is 0.822. The van der Waals surface area contributed by atoms with E-state index in [1.807, 2.05) is 33.3 Å². The normalized spacial score (nSPS) is 31.1. The molecule has 0 nitrogen and oxygen atoms in total. The first-order valence-electron chi connectivity index (χ1n) is 3.50. The Kier molecular flexibility index (Phi) is 6.14. The zero-order chi connectivity index (χ0) is 8.10. The molecule has 2 unspecified atom stereocenters. The van der Waals surface area contributed by atoms with Crippen LogP contribution in [0.1, 0.15) is 0 Å². The van der Waals surface area contributed by atoms with Crippen LogP contribution in [0.3, 0.4) is 0 Å². The zero-order valence-corrected chi connectivity index (χ0v) is 10.3. The highest BCUT2D eigenvalue weighted by Crippen LogP contribution is 2.47. The fourth-order valence-corrected chi connectivity index (χ4v) is 7.18. The molecule has 0 aromatic heterocycles. The van der Waals surface area contributed by atoms with Gasteiger partial charge in [0, 0.05) is 11.5 Å². The van der Waals surface area contributed by atoms with Crippen molar-refractivity contribution in [3.63, 3.8) is 0 Å². The molecule has 0 aromatic carbocycles. The fraction of sp³-hybridized carbons (Fsp3) is 1.00. The van der Waals surface area contributed by atoms with Gasteiger partial charge in [0.15, 0.2) is 0 Å². The van der Waals surface area contributed by atoms with Crippen LogP contribution in [0, 0.1) is 5.92 Å². The lowest BCUT2D eigenvalue weighted by Gasteiger charge is -2.13. The number of thioether (sulfide) groups is 1. The van der Waals surface area contributed by atoms with Gasteiger partial charge in [-0.05, 0) is 17.4 Å². The molecule has 0 bridgehead atoms. The molecule has 11 heavy (non-hydrogen) atoms. The third-order valence-electron chi connectivity index (χ3n) is 1.44. The monoisotopic (exact) mass is 244 g/mol. The molecule has 1 fully saturated rings. The summed E-state index contributed by atoms with van der Waals surface area (Å²) in [4.78, 5) is 0. The quantitative estimate of drug-likeness (QED) is 0.577. The lowest BCUT2D eigenvalue weighted by molar-refractivity contribution is 0.761. The van der Waals surface area contributed by atoms with Gasteiger partial charge >= 0.3 is 0 Å². The van der Waals surface area contributed by atoms with E-state index < -0.39 is 0 Å². The third-order valence-corrected chi connectivity index (χ3v) is 7.36. The lowest BCUT2D eigenvalue weighted by atomic mass is 10.2. The van der Waals surface area contributed by atoms with E-state index >= 15 is 0 Å². The molecule has 0 N–H and O–H groups in total. The topological polar surface area (TPSA) is 0 Å². The second kappa shape index (κ2) is 6.24. The lowest BCUT2D eigenvalue weighted by Crippen LogP contribution is -2.12. The van der Waals surface area contributed by atoms with Gasteiger partial charge in [-0.3, -0.25) is 0 Å². The van der Waals surface area contributed by atoms with E-state index in [2.05, 4.69) is 25.3 Å². The molecule has 2 atom stereocenters. The summed E-state index contributed by atoms with van der Waals surface area (Å²) in [6, 6.07) is 0. The molecule has 66 valence electrons. The Bertz CT molecular complexity index is 107. The van der Waals surface area contributed by atoms with Crippen LogP contribution >= 0.6 is 58.6 Å². The van der Waals surface area contributed by atoms with Crippen LogP contribution in [0.25, 0.3) is 0 Å². The van der Waals surface area contributed by atoms with E-state index in [-0.39, 0.29) is 0 Å². The van der Waals surface area contributed by atoms with Crippen LogP contribution in [-0.2, 0) is 0 Å². The molecule has 0 amide bonds. The van der Waals surface area contributed by atoms with E-state index in [0.717, 1.165) is 22.0 Å². The van der Waals surface area contributed by atoms with Gasteiger partial charge in [-0.15, -0.1) is 11.8 Å². The van der Waals surface area contributed by atoms with Crippen molar-refractivity contribution < 1.29 is 0 Å². The van der Waals surface area contributed by atoms with Crippen molar-refractivity contribution in [2.75, 3.05) is 23.0 Å². The summed E-state index contributed by atoms with van der Waals surface area (Å²) in [5.74, 6) is 5.28. The first kappa shape index (κ1) is 10.8. The first-order valence-corrected chi connectivity index (χ1v) is 8.19. The van der Waals surface area contributed by atoms with Crippen LogP contribution in [0.2, 0.25) is 0 Å². The van der Waals surface area contributed by atoms with Gasteiger partial charge in [0.2, 0.25) is 0 Å². The minimum absolute atomic E-state index is 0.768. The van der Waals surface area contributed by atoms with Crippen molar-refractivity contribution >= 4 is 58.6 Å². The van der Waals surface area contributed by atoms with Crippen LogP contribution < -0.4 is 0 Å². The molecule has 0 aliphatic carbocycles. The van der Waals surface area contributed by atoms with E-state index in [1.54, 1.807) is 0 Å². The molecule has 5 heteroatoms. The minimum Gasteiger partial charge on any atom is -0.179 e. The highest BCUT2D eigenvalue weighted by molar-refractivity contribution is 8.79. The Morgan fingerprint density at radius 1 is 1.45 bits per heavy atom. The average Bonchev–Trinajstić information content (AvgIpc) is 2.47. The number of rotatable bonds is 4. The Hall–Kier alpha value is 1.75. The van der Waals surface area contributed by atoms with E-state index in [9.17, 15) is 0 Å². The smallest absolute Gasteiger partial charge is 0.0650 e. The SMILES string of the molecule is SCCSC1SSCC1CS. The molecule has 0 radical (unpaired) electrons. The molecule has 0 aromatic rings. The molecule has 1 saturated heterocycles. The summed E-state index contributed by atoms with van der Waals surface area (Å²) in [6.07, 6.45) is 0. The zero-order valence-electron chi connectivity index (χ0n) is 6.10. The van der Waals surface area contributed by atoms with Gasteiger partial charge in [-0.2, -0.15) is 25.3 Å². The van der Waals surface area contributed by atoms with Crippen LogP contribution in [0.15, 0.2) is 0 Å². The standard InChI is InChI=1S/C6H12S5/c7-1-2-9-6-5(3-8)4-10-11-6/h5-8H,1-4H2. The summed E-state index contributed by atoms with van der Waals surface area (Å²) in [5, 5.41) is 0. The molecule has 1 rings (SSSR count). The molecular formula is C6H12S5. The van der Waals surface area contributed by atoms with Gasteiger partial charge in [0.05, 0.1) is 4.58 Å². The third kappa shape index (κ3) is 3.55. The van der Waals surface area contributed by atoms with Crippen LogP contribution in [-0.4, -0.2) is 27.6 Å². The van der Waals surface area contributed by atoms with Crippen LogP contribution in [0.5, 0.6) is 0 Å². The van der Waals surface area contributed by atoms with E-state index in [0.29, 0.717) is 0 Å². The predicted octanol–water partition coefficient (Wildman–Crippen LogP) is 2.92. The summed E-state index contributed by atoms with van der Waals surface area (Å²) in [7, 11) is 4.00. The Balaban J connectivity index is 2.20. The molecular weight excluding hydrogens is 232 g/mol. The molecule has 0 spiro atoms. The van der Waals surface area contributed by atoms with Gasteiger partial charge in [-0.1, -0.05) is 21.6 Å². The van der Waals surface area contributed by atoms with Gasteiger partial charge in [-0.25, -0.2) is 0 Å². The minimum atomic E-state index is 0.768. The highest BCUT2D eigenvalue weighted by Gasteiger charge is 2.27. The van der Waals surface area contributed by atoms with Crippen molar-refractivity contribution in [2.24, 2.45) is 5.92 Å². The van der Waals surface area contributed by atoms with E-state index in [1.165, 1.54) is 11.5 Å². The Labute approximate surface area is 91.6 Å². The number of hydrogen-bond acceptors (Lipinski definition) is 5. The Morgan fingerprint density at radius 2 is 2.27 bits per heavy atom.